The summed E-state index contributed by atoms with van der Waals surface area (Å²) in [5.74, 6) is -0.139. The maximum atomic E-state index is 12.2. The number of aromatic nitrogens is 2. The van der Waals surface area contributed by atoms with Gasteiger partial charge in [0.2, 0.25) is 5.91 Å². The van der Waals surface area contributed by atoms with E-state index in [4.69, 9.17) is 5.73 Å². The lowest BCUT2D eigenvalue weighted by Gasteiger charge is -2.11. The van der Waals surface area contributed by atoms with Crippen LogP contribution in [0, 0.1) is 6.92 Å². The van der Waals surface area contributed by atoms with Gasteiger partial charge in [-0.2, -0.15) is 0 Å². The second kappa shape index (κ2) is 9.14. The molecule has 5 nitrogen and oxygen atoms in total. The molecule has 0 aliphatic heterocycles. The molecule has 0 spiro atoms. The van der Waals surface area contributed by atoms with Crippen molar-refractivity contribution < 1.29 is 4.79 Å². The molecule has 1 aromatic heterocycles. The minimum absolute atomic E-state index is 0.139. The predicted molar refractivity (Wildman–Crippen MR) is 107 cm³/mol. The van der Waals surface area contributed by atoms with Crippen LogP contribution in [0.3, 0.4) is 0 Å². The van der Waals surface area contributed by atoms with Gasteiger partial charge >= 0.3 is 0 Å². The zero-order valence-corrected chi connectivity index (χ0v) is 15.6. The molecule has 0 bridgehead atoms. The van der Waals surface area contributed by atoms with E-state index in [1.165, 1.54) is 16.7 Å². The first-order chi connectivity index (χ1) is 13.1. The third-order valence-corrected chi connectivity index (χ3v) is 4.49. The highest BCUT2D eigenvalue weighted by molar-refractivity contribution is 5.81. The summed E-state index contributed by atoms with van der Waals surface area (Å²) < 4.78 is 2.01. The van der Waals surface area contributed by atoms with Crippen LogP contribution in [-0.4, -0.2) is 28.0 Å². The summed E-state index contributed by atoms with van der Waals surface area (Å²) in [6.07, 6.45) is 4.96. The molecule has 5 heteroatoms. The third kappa shape index (κ3) is 5.79. The van der Waals surface area contributed by atoms with E-state index in [0.29, 0.717) is 13.0 Å². The minimum Gasteiger partial charge on any atom is -0.354 e. The SMILES string of the molecule is Cc1ccc(CCNC(=O)[C@@H](N)Cc2cn(Cc3ccccc3)cn2)cc1. The lowest BCUT2D eigenvalue weighted by Crippen LogP contribution is -2.42. The van der Waals surface area contributed by atoms with Gasteiger partial charge in [0.15, 0.2) is 0 Å². The lowest BCUT2D eigenvalue weighted by atomic mass is 10.1. The van der Waals surface area contributed by atoms with Gasteiger partial charge in [-0.15, -0.1) is 0 Å². The predicted octanol–water partition coefficient (Wildman–Crippen LogP) is 2.47. The van der Waals surface area contributed by atoms with Crippen molar-refractivity contribution >= 4 is 5.91 Å². The topological polar surface area (TPSA) is 72.9 Å². The van der Waals surface area contributed by atoms with Gasteiger partial charge in [0, 0.05) is 25.7 Å². The summed E-state index contributed by atoms with van der Waals surface area (Å²) in [5, 5.41) is 2.91. The fraction of sp³-hybridized carbons (Fsp3) is 0.273. The van der Waals surface area contributed by atoms with E-state index in [1.807, 2.05) is 29.0 Å². The number of aryl methyl sites for hydroxylation is 1. The molecule has 0 aliphatic rings. The molecule has 0 aliphatic carbocycles. The highest BCUT2D eigenvalue weighted by atomic mass is 16.2. The molecule has 3 rings (SSSR count). The summed E-state index contributed by atoms with van der Waals surface area (Å²) in [6.45, 7) is 3.40. The Morgan fingerprint density at radius 3 is 2.59 bits per heavy atom. The fourth-order valence-electron chi connectivity index (χ4n) is 2.93. The van der Waals surface area contributed by atoms with Crippen LogP contribution in [-0.2, 0) is 24.2 Å². The lowest BCUT2D eigenvalue weighted by molar-refractivity contribution is -0.122. The highest BCUT2D eigenvalue weighted by Gasteiger charge is 2.15. The summed E-state index contributed by atoms with van der Waals surface area (Å²) in [6, 6.07) is 17.9. The molecular formula is C22H26N4O. The monoisotopic (exact) mass is 362 g/mol. The van der Waals surface area contributed by atoms with Gasteiger partial charge < -0.3 is 15.6 Å². The maximum absolute atomic E-state index is 12.2. The number of nitrogens with zero attached hydrogens (tertiary/aromatic N) is 2. The Kier molecular flexibility index (Phi) is 6.39. The summed E-state index contributed by atoms with van der Waals surface area (Å²) in [5.41, 5.74) is 10.5. The first-order valence-corrected chi connectivity index (χ1v) is 9.23. The van der Waals surface area contributed by atoms with E-state index in [2.05, 4.69) is 53.6 Å². The van der Waals surface area contributed by atoms with E-state index < -0.39 is 6.04 Å². The van der Waals surface area contributed by atoms with Crippen LogP contribution in [0.1, 0.15) is 22.4 Å². The number of hydrogen-bond donors (Lipinski definition) is 2. The molecule has 0 fully saturated rings. The van der Waals surface area contributed by atoms with Crippen molar-refractivity contribution in [3.05, 3.63) is 89.5 Å². The third-order valence-electron chi connectivity index (χ3n) is 4.49. The van der Waals surface area contributed by atoms with Crippen molar-refractivity contribution in [2.45, 2.75) is 32.4 Å². The van der Waals surface area contributed by atoms with Gasteiger partial charge in [0.05, 0.1) is 18.1 Å². The second-order valence-electron chi connectivity index (χ2n) is 6.86. The summed E-state index contributed by atoms with van der Waals surface area (Å²) in [4.78, 5) is 16.6. The molecular weight excluding hydrogens is 336 g/mol. The van der Waals surface area contributed by atoms with Crippen LogP contribution in [0.25, 0.3) is 0 Å². The summed E-state index contributed by atoms with van der Waals surface area (Å²) >= 11 is 0. The van der Waals surface area contributed by atoms with Crippen molar-refractivity contribution in [1.29, 1.82) is 0 Å². The van der Waals surface area contributed by atoms with Gasteiger partial charge in [-0.25, -0.2) is 4.98 Å². The van der Waals surface area contributed by atoms with Crippen molar-refractivity contribution in [1.82, 2.24) is 14.9 Å². The van der Waals surface area contributed by atoms with Crippen molar-refractivity contribution in [2.24, 2.45) is 5.73 Å². The number of benzene rings is 2. The van der Waals surface area contributed by atoms with Crippen LogP contribution in [0.2, 0.25) is 0 Å². The van der Waals surface area contributed by atoms with E-state index in [9.17, 15) is 4.79 Å². The van der Waals surface area contributed by atoms with Crippen LogP contribution in [0.4, 0.5) is 0 Å². The second-order valence-corrected chi connectivity index (χ2v) is 6.86. The van der Waals surface area contributed by atoms with E-state index in [1.54, 1.807) is 6.33 Å². The Labute approximate surface area is 160 Å². The Morgan fingerprint density at radius 1 is 1.11 bits per heavy atom. The average molecular weight is 362 g/mol. The van der Waals surface area contributed by atoms with Gasteiger partial charge in [-0.05, 0) is 24.5 Å². The maximum Gasteiger partial charge on any atom is 0.237 e. The molecule has 3 aromatic rings. The van der Waals surface area contributed by atoms with Crippen LogP contribution in [0.5, 0.6) is 0 Å². The molecule has 2 aromatic carbocycles. The summed E-state index contributed by atoms with van der Waals surface area (Å²) in [7, 11) is 0. The van der Waals surface area contributed by atoms with Crippen molar-refractivity contribution in [3.8, 4) is 0 Å². The number of imidazole rings is 1. The van der Waals surface area contributed by atoms with Gasteiger partial charge in [0.1, 0.15) is 0 Å². The Hall–Kier alpha value is -2.92. The number of amides is 1. The number of nitrogens with two attached hydrogens (primary N) is 1. The van der Waals surface area contributed by atoms with Crippen LogP contribution < -0.4 is 11.1 Å². The van der Waals surface area contributed by atoms with Gasteiger partial charge in [-0.1, -0.05) is 60.2 Å². The first kappa shape index (κ1) is 18.9. The molecule has 27 heavy (non-hydrogen) atoms. The molecule has 1 heterocycles. The Balaban J connectivity index is 1.44. The molecule has 0 unspecified atom stereocenters. The van der Waals surface area contributed by atoms with E-state index in [-0.39, 0.29) is 5.91 Å². The van der Waals surface area contributed by atoms with Crippen molar-refractivity contribution in [3.63, 3.8) is 0 Å². The van der Waals surface area contributed by atoms with Gasteiger partial charge in [0.25, 0.3) is 0 Å². The fourth-order valence-corrected chi connectivity index (χ4v) is 2.93. The molecule has 140 valence electrons. The first-order valence-electron chi connectivity index (χ1n) is 9.23. The Morgan fingerprint density at radius 2 is 1.85 bits per heavy atom. The average Bonchev–Trinajstić information content (AvgIpc) is 3.10. The zero-order valence-electron chi connectivity index (χ0n) is 15.6. The molecule has 0 saturated heterocycles. The molecule has 1 atom stereocenters. The standard InChI is InChI=1S/C22H26N4O/c1-17-7-9-18(10-8-17)11-12-24-22(27)21(23)13-20-15-26(16-25-20)14-19-5-3-2-4-6-19/h2-10,15-16,21H,11-14,23H2,1H3,(H,24,27)/t21-/m0/s1. The van der Waals surface area contributed by atoms with E-state index >= 15 is 0 Å². The number of carbonyl (C=O) groups is 1. The van der Waals surface area contributed by atoms with Crippen molar-refractivity contribution in [2.75, 3.05) is 6.54 Å². The number of nitrogens with one attached hydrogen (secondary N) is 1. The Bertz CT molecular complexity index is 856. The quantitative estimate of drug-likeness (QED) is 0.646. The van der Waals surface area contributed by atoms with Crippen LogP contribution in [0.15, 0.2) is 67.1 Å². The molecule has 0 saturated carbocycles. The molecule has 1 amide bonds. The van der Waals surface area contributed by atoms with E-state index in [0.717, 1.165) is 18.7 Å². The smallest absolute Gasteiger partial charge is 0.237 e. The number of rotatable bonds is 8. The minimum atomic E-state index is -0.594. The number of carbonyl (C=O) groups excluding carboxylic acids is 1. The largest absolute Gasteiger partial charge is 0.354 e. The molecule has 0 radical (unpaired) electrons. The van der Waals surface area contributed by atoms with Gasteiger partial charge in [-0.3, -0.25) is 4.79 Å². The number of hydrogen-bond acceptors (Lipinski definition) is 3. The highest BCUT2D eigenvalue weighted by Crippen LogP contribution is 2.06. The zero-order chi connectivity index (χ0) is 19.1. The normalized spacial score (nSPS) is 11.9. The van der Waals surface area contributed by atoms with Crippen LogP contribution >= 0.6 is 0 Å². The molecule has 3 N–H and O–H groups in total.